The van der Waals surface area contributed by atoms with Crippen LogP contribution in [-0.2, 0) is 0 Å². The highest BCUT2D eigenvalue weighted by Gasteiger charge is 2.13. The van der Waals surface area contributed by atoms with E-state index in [0.717, 1.165) is 4.47 Å². The highest BCUT2D eigenvalue weighted by atomic mass is 79.9. The number of amides is 1. The van der Waals surface area contributed by atoms with Crippen LogP contribution in [0.3, 0.4) is 0 Å². The van der Waals surface area contributed by atoms with Gasteiger partial charge in [-0.1, -0.05) is 36.4 Å². The number of anilines is 1. The summed E-state index contributed by atoms with van der Waals surface area (Å²) < 4.78 is 14.6. The van der Waals surface area contributed by atoms with Gasteiger partial charge in [0.05, 0.1) is 5.69 Å². The summed E-state index contributed by atoms with van der Waals surface area (Å²) in [7, 11) is 0. The van der Waals surface area contributed by atoms with Crippen molar-refractivity contribution in [1.82, 2.24) is 0 Å². The third-order valence-corrected chi connectivity index (χ3v) is 3.93. The highest BCUT2D eigenvalue weighted by Crippen LogP contribution is 2.25. The zero-order valence-corrected chi connectivity index (χ0v) is 12.5. The Balaban J connectivity index is 2.03. The van der Waals surface area contributed by atoms with Crippen LogP contribution in [0.1, 0.15) is 10.4 Å². The largest absolute Gasteiger partial charge is 0.321 e. The maximum atomic E-state index is 13.8. The second kappa shape index (κ2) is 5.66. The van der Waals surface area contributed by atoms with Crippen LogP contribution in [0.15, 0.2) is 65.1 Å². The molecule has 3 rings (SSSR count). The summed E-state index contributed by atoms with van der Waals surface area (Å²) in [5, 5.41) is 3.87. The zero-order valence-electron chi connectivity index (χ0n) is 10.9. The van der Waals surface area contributed by atoms with Crippen LogP contribution in [0.25, 0.3) is 10.8 Å². The van der Waals surface area contributed by atoms with Crippen LogP contribution in [0.5, 0.6) is 0 Å². The van der Waals surface area contributed by atoms with Crippen molar-refractivity contribution in [2.75, 3.05) is 5.32 Å². The first-order valence-electron chi connectivity index (χ1n) is 6.40. The van der Waals surface area contributed by atoms with Crippen LogP contribution >= 0.6 is 15.9 Å². The Hall–Kier alpha value is -2.20. The fourth-order valence-corrected chi connectivity index (χ4v) is 2.60. The number of hydrogen-bond acceptors (Lipinski definition) is 1. The van der Waals surface area contributed by atoms with Crippen LogP contribution in [0, 0.1) is 5.82 Å². The van der Waals surface area contributed by atoms with E-state index >= 15 is 0 Å². The number of para-hydroxylation sites is 1. The van der Waals surface area contributed by atoms with Gasteiger partial charge in [-0.2, -0.15) is 0 Å². The molecule has 0 saturated heterocycles. The molecule has 0 aliphatic carbocycles. The second-order valence-corrected chi connectivity index (χ2v) is 5.43. The predicted molar refractivity (Wildman–Crippen MR) is 86.0 cm³/mol. The number of halogens is 2. The van der Waals surface area contributed by atoms with Crippen molar-refractivity contribution in [3.05, 3.63) is 76.5 Å². The van der Waals surface area contributed by atoms with Crippen molar-refractivity contribution < 1.29 is 9.18 Å². The molecule has 0 heterocycles. The Labute approximate surface area is 129 Å². The topological polar surface area (TPSA) is 29.1 Å². The molecule has 0 fully saturated rings. The van der Waals surface area contributed by atoms with Gasteiger partial charge in [-0.3, -0.25) is 4.79 Å². The molecule has 3 aromatic rings. The SMILES string of the molecule is O=C(Nc1ccccc1Br)c1ccc(F)c2ccccc12. The summed E-state index contributed by atoms with van der Waals surface area (Å²) in [5.41, 5.74) is 1.12. The van der Waals surface area contributed by atoms with Gasteiger partial charge >= 0.3 is 0 Å². The normalized spacial score (nSPS) is 10.6. The van der Waals surface area contributed by atoms with Crippen LogP contribution < -0.4 is 5.32 Å². The standard InChI is InChI=1S/C17H11BrFNO/c18-14-7-3-4-8-16(14)20-17(21)13-9-10-15(19)12-6-2-1-5-11(12)13/h1-10H,(H,20,21). The Morgan fingerprint density at radius 2 is 1.57 bits per heavy atom. The van der Waals surface area contributed by atoms with Gasteiger partial charge in [0.1, 0.15) is 5.82 Å². The molecular weight excluding hydrogens is 333 g/mol. The van der Waals surface area contributed by atoms with Crippen molar-refractivity contribution in [2.24, 2.45) is 0 Å². The number of carbonyl (C=O) groups is 1. The lowest BCUT2D eigenvalue weighted by atomic mass is 10.0. The quantitative estimate of drug-likeness (QED) is 0.697. The number of benzene rings is 3. The lowest BCUT2D eigenvalue weighted by Crippen LogP contribution is -2.13. The average Bonchev–Trinajstić information content (AvgIpc) is 2.50. The molecular formula is C17H11BrFNO. The molecule has 2 nitrogen and oxygen atoms in total. The smallest absolute Gasteiger partial charge is 0.256 e. The minimum Gasteiger partial charge on any atom is -0.321 e. The number of carbonyl (C=O) groups excluding carboxylic acids is 1. The third kappa shape index (κ3) is 2.67. The molecule has 0 aliphatic heterocycles. The zero-order chi connectivity index (χ0) is 14.8. The molecule has 3 aromatic carbocycles. The van der Waals surface area contributed by atoms with Gasteiger partial charge in [-0.15, -0.1) is 0 Å². The lowest BCUT2D eigenvalue weighted by Gasteiger charge is -2.10. The van der Waals surface area contributed by atoms with Crippen LogP contribution in [0.2, 0.25) is 0 Å². The van der Waals surface area contributed by atoms with E-state index in [9.17, 15) is 9.18 Å². The van der Waals surface area contributed by atoms with Crippen molar-refractivity contribution in [2.45, 2.75) is 0 Å². The minimum absolute atomic E-state index is 0.266. The van der Waals surface area contributed by atoms with Crippen molar-refractivity contribution in [1.29, 1.82) is 0 Å². The summed E-state index contributed by atoms with van der Waals surface area (Å²) in [5.74, 6) is -0.596. The molecule has 0 aromatic heterocycles. The third-order valence-electron chi connectivity index (χ3n) is 3.24. The van der Waals surface area contributed by atoms with Gasteiger partial charge in [0, 0.05) is 15.4 Å². The number of fused-ring (bicyclic) bond motifs is 1. The fraction of sp³-hybridized carbons (Fsp3) is 0. The Morgan fingerprint density at radius 3 is 2.33 bits per heavy atom. The number of rotatable bonds is 2. The Bertz CT molecular complexity index is 832. The fourth-order valence-electron chi connectivity index (χ4n) is 2.21. The molecule has 0 unspecified atom stereocenters. The molecule has 0 aliphatic rings. The summed E-state index contributed by atoms with van der Waals surface area (Å²) in [6, 6.07) is 17.1. The monoisotopic (exact) mass is 343 g/mol. The van der Waals surface area contributed by atoms with E-state index in [1.54, 1.807) is 30.3 Å². The van der Waals surface area contributed by atoms with Gasteiger partial charge in [0.2, 0.25) is 0 Å². The molecule has 1 amide bonds. The Morgan fingerprint density at radius 1 is 0.905 bits per heavy atom. The van der Waals surface area contributed by atoms with Gasteiger partial charge in [-0.05, 0) is 45.6 Å². The van der Waals surface area contributed by atoms with Gasteiger partial charge in [0.25, 0.3) is 5.91 Å². The van der Waals surface area contributed by atoms with Gasteiger partial charge in [-0.25, -0.2) is 4.39 Å². The predicted octanol–water partition coefficient (Wildman–Crippen LogP) is 4.99. The number of hydrogen-bond donors (Lipinski definition) is 1. The lowest BCUT2D eigenvalue weighted by molar-refractivity contribution is 0.102. The summed E-state index contributed by atoms with van der Waals surface area (Å²) in [6.07, 6.45) is 0. The van der Waals surface area contributed by atoms with Crippen molar-refractivity contribution >= 4 is 38.3 Å². The molecule has 21 heavy (non-hydrogen) atoms. The average molecular weight is 344 g/mol. The van der Waals surface area contributed by atoms with E-state index in [1.807, 2.05) is 18.2 Å². The molecule has 0 atom stereocenters. The minimum atomic E-state index is -0.331. The first-order chi connectivity index (χ1) is 10.2. The first-order valence-corrected chi connectivity index (χ1v) is 7.19. The maximum Gasteiger partial charge on any atom is 0.256 e. The van der Waals surface area contributed by atoms with Gasteiger partial charge < -0.3 is 5.32 Å². The number of nitrogens with one attached hydrogen (secondary N) is 1. The van der Waals surface area contributed by atoms with E-state index in [1.165, 1.54) is 12.1 Å². The molecule has 0 spiro atoms. The second-order valence-electron chi connectivity index (χ2n) is 4.57. The van der Waals surface area contributed by atoms with Crippen molar-refractivity contribution in [3.63, 3.8) is 0 Å². The van der Waals surface area contributed by atoms with Crippen LogP contribution in [0.4, 0.5) is 10.1 Å². The molecule has 104 valence electrons. The summed E-state index contributed by atoms with van der Waals surface area (Å²) >= 11 is 3.38. The van der Waals surface area contributed by atoms with E-state index in [0.29, 0.717) is 22.0 Å². The summed E-state index contributed by atoms with van der Waals surface area (Å²) in [6.45, 7) is 0. The molecule has 0 radical (unpaired) electrons. The molecule has 0 saturated carbocycles. The van der Waals surface area contributed by atoms with E-state index in [4.69, 9.17) is 0 Å². The van der Waals surface area contributed by atoms with E-state index < -0.39 is 0 Å². The Kier molecular flexibility index (Phi) is 3.71. The molecule has 0 bridgehead atoms. The van der Waals surface area contributed by atoms with Gasteiger partial charge in [0.15, 0.2) is 0 Å². The summed E-state index contributed by atoms with van der Waals surface area (Å²) in [4.78, 5) is 12.4. The first kappa shape index (κ1) is 13.8. The van der Waals surface area contributed by atoms with Crippen molar-refractivity contribution in [3.8, 4) is 0 Å². The maximum absolute atomic E-state index is 13.8. The van der Waals surface area contributed by atoms with E-state index in [2.05, 4.69) is 21.2 Å². The molecule has 1 N–H and O–H groups in total. The molecule has 4 heteroatoms. The highest BCUT2D eigenvalue weighted by molar-refractivity contribution is 9.10. The van der Waals surface area contributed by atoms with Crippen LogP contribution in [-0.4, -0.2) is 5.91 Å². The van der Waals surface area contributed by atoms with E-state index in [-0.39, 0.29) is 11.7 Å².